The van der Waals surface area contributed by atoms with Crippen molar-refractivity contribution in [3.05, 3.63) is 42.5 Å². The van der Waals surface area contributed by atoms with Crippen LogP contribution < -0.4 is 10.1 Å². The van der Waals surface area contributed by atoms with Crippen molar-refractivity contribution in [2.75, 3.05) is 7.05 Å². The third-order valence-corrected chi connectivity index (χ3v) is 2.41. The number of hydrogen-bond donors (Lipinski definition) is 0. The van der Waals surface area contributed by atoms with Crippen LogP contribution in [0, 0.1) is 0 Å². The monoisotopic (exact) mass is 200 g/mol. The van der Waals surface area contributed by atoms with Crippen LogP contribution in [0.5, 0.6) is 5.75 Å². The van der Waals surface area contributed by atoms with Crippen LogP contribution in [0.3, 0.4) is 0 Å². The average molecular weight is 200 g/mol. The highest BCUT2D eigenvalue weighted by Gasteiger charge is 2.04. The zero-order valence-corrected chi connectivity index (χ0v) is 8.97. The van der Waals surface area contributed by atoms with Crippen molar-refractivity contribution in [2.24, 2.45) is 0 Å². The molecule has 2 aromatic carbocycles. The van der Waals surface area contributed by atoms with E-state index in [1.165, 1.54) is 5.39 Å². The van der Waals surface area contributed by atoms with Crippen molar-refractivity contribution in [1.82, 2.24) is 5.32 Å². The van der Waals surface area contributed by atoms with Gasteiger partial charge in [-0.2, -0.15) is 0 Å². The summed E-state index contributed by atoms with van der Waals surface area (Å²) in [6.07, 6.45) is -0.101. The van der Waals surface area contributed by atoms with Gasteiger partial charge >= 0.3 is 0 Å². The van der Waals surface area contributed by atoms with Crippen LogP contribution in [-0.4, -0.2) is 13.3 Å². The number of nitrogens with zero attached hydrogens (tertiary/aromatic N) is 1. The summed E-state index contributed by atoms with van der Waals surface area (Å²) in [6.45, 7) is 1.93. The van der Waals surface area contributed by atoms with Gasteiger partial charge in [-0.3, -0.25) is 0 Å². The lowest BCUT2D eigenvalue weighted by atomic mass is 10.1. The summed E-state index contributed by atoms with van der Waals surface area (Å²) in [7, 11) is 1.76. The van der Waals surface area contributed by atoms with E-state index in [0.717, 1.165) is 11.1 Å². The van der Waals surface area contributed by atoms with Crippen LogP contribution >= 0.6 is 0 Å². The molecule has 2 heteroatoms. The molecule has 0 heterocycles. The molecule has 0 aromatic heterocycles. The zero-order chi connectivity index (χ0) is 10.7. The van der Waals surface area contributed by atoms with Gasteiger partial charge in [0, 0.05) is 12.4 Å². The topological polar surface area (TPSA) is 23.3 Å². The quantitative estimate of drug-likeness (QED) is 0.747. The van der Waals surface area contributed by atoms with Crippen LogP contribution in [-0.2, 0) is 0 Å². The molecule has 0 bridgehead atoms. The Balaban J connectivity index is 2.42. The van der Waals surface area contributed by atoms with E-state index in [1.807, 2.05) is 31.2 Å². The molecule has 2 aromatic rings. The average Bonchev–Trinajstić information content (AvgIpc) is 2.29. The van der Waals surface area contributed by atoms with E-state index in [1.54, 1.807) is 7.05 Å². The van der Waals surface area contributed by atoms with E-state index < -0.39 is 0 Å². The standard InChI is InChI=1S/C13H14NO/c1-10(14-2)15-13-9-5-7-11-6-3-4-8-12(11)13/h3-10H,1-2H3. The van der Waals surface area contributed by atoms with Crippen LogP contribution in [0.4, 0.5) is 0 Å². The summed E-state index contributed by atoms with van der Waals surface area (Å²) >= 11 is 0. The molecule has 77 valence electrons. The van der Waals surface area contributed by atoms with E-state index in [4.69, 9.17) is 4.74 Å². The summed E-state index contributed by atoms with van der Waals surface area (Å²) in [4.78, 5) is 0. The van der Waals surface area contributed by atoms with Gasteiger partial charge in [0.25, 0.3) is 0 Å². The van der Waals surface area contributed by atoms with Crippen molar-refractivity contribution < 1.29 is 4.74 Å². The molecule has 15 heavy (non-hydrogen) atoms. The minimum absolute atomic E-state index is 0.101. The highest BCUT2D eigenvalue weighted by molar-refractivity contribution is 5.88. The number of rotatable bonds is 3. The lowest BCUT2D eigenvalue weighted by molar-refractivity contribution is 0.192. The van der Waals surface area contributed by atoms with Crippen molar-refractivity contribution in [1.29, 1.82) is 0 Å². The molecule has 0 saturated heterocycles. The first-order chi connectivity index (χ1) is 7.31. The SMILES string of the molecule is C[N]C(C)Oc1cccc2ccccc12. The Morgan fingerprint density at radius 2 is 1.80 bits per heavy atom. The maximum atomic E-state index is 5.71. The second-order valence-corrected chi connectivity index (χ2v) is 3.45. The molecule has 0 spiro atoms. The Bertz CT molecular complexity index is 448. The van der Waals surface area contributed by atoms with Crippen LogP contribution in [0.2, 0.25) is 0 Å². The Labute approximate surface area is 89.9 Å². The minimum atomic E-state index is -0.101. The smallest absolute Gasteiger partial charge is 0.162 e. The van der Waals surface area contributed by atoms with E-state index in [-0.39, 0.29) is 6.23 Å². The van der Waals surface area contributed by atoms with E-state index in [0.29, 0.717) is 0 Å². The van der Waals surface area contributed by atoms with Gasteiger partial charge in [0.2, 0.25) is 0 Å². The van der Waals surface area contributed by atoms with Gasteiger partial charge in [-0.25, -0.2) is 5.32 Å². The highest BCUT2D eigenvalue weighted by Crippen LogP contribution is 2.25. The molecule has 0 aliphatic carbocycles. The van der Waals surface area contributed by atoms with Crippen molar-refractivity contribution in [3.63, 3.8) is 0 Å². The van der Waals surface area contributed by atoms with Gasteiger partial charge in [-0.15, -0.1) is 0 Å². The predicted molar refractivity (Wildman–Crippen MR) is 62.1 cm³/mol. The third kappa shape index (κ3) is 2.10. The second-order valence-electron chi connectivity index (χ2n) is 3.45. The molecule has 0 saturated carbocycles. The largest absolute Gasteiger partial charge is 0.474 e. The molecule has 1 atom stereocenters. The fourth-order valence-corrected chi connectivity index (χ4v) is 1.53. The molecule has 2 rings (SSSR count). The summed E-state index contributed by atoms with van der Waals surface area (Å²) in [5.74, 6) is 0.895. The third-order valence-electron chi connectivity index (χ3n) is 2.41. The van der Waals surface area contributed by atoms with E-state index in [2.05, 4.69) is 23.5 Å². The highest BCUT2D eigenvalue weighted by atomic mass is 16.5. The molecular formula is C13H14NO. The first kappa shape index (κ1) is 9.99. The number of fused-ring (bicyclic) bond motifs is 1. The van der Waals surface area contributed by atoms with Crippen LogP contribution in [0.1, 0.15) is 6.92 Å². The first-order valence-corrected chi connectivity index (χ1v) is 5.04. The molecule has 0 N–H and O–H groups in total. The van der Waals surface area contributed by atoms with Gasteiger partial charge in [0.1, 0.15) is 5.75 Å². The predicted octanol–water partition coefficient (Wildman–Crippen LogP) is 2.80. The molecule has 1 radical (unpaired) electrons. The van der Waals surface area contributed by atoms with E-state index >= 15 is 0 Å². The summed E-state index contributed by atoms with van der Waals surface area (Å²) in [6, 6.07) is 14.2. The summed E-state index contributed by atoms with van der Waals surface area (Å²) < 4.78 is 5.71. The minimum Gasteiger partial charge on any atom is -0.474 e. The maximum absolute atomic E-state index is 5.71. The zero-order valence-electron chi connectivity index (χ0n) is 8.97. The first-order valence-electron chi connectivity index (χ1n) is 5.04. The summed E-state index contributed by atoms with van der Waals surface area (Å²) in [5, 5.41) is 6.40. The van der Waals surface area contributed by atoms with Gasteiger partial charge in [0.05, 0.1) is 0 Å². The Morgan fingerprint density at radius 1 is 1.07 bits per heavy atom. The van der Waals surface area contributed by atoms with Gasteiger partial charge in [0.15, 0.2) is 6.23 Å². The van der Waals surface area contributed by atoms with E-state index in [9.17, 15) is 0 Å². The summed E-state index contributed by atoms with van der Waals surface area (Å²) in [5.41, 5.74) is 0. The Hall–Kier alpha value is -1.54. The molecule has 2 nitrogen and oxygen atoms in total. The lowest BCUT2D eigenvalue weighted by Gasteiger charge is -2.13. The van der Waals surface area contributed by atoms with Gasteiger partial charge < -0.3 is 4.74 Å². The molecular weight excluding hydrogens is 186 g/mol. The lowest BCUT2D eigenvalue weighted by Crippen LogP contribution is -2.21. The van der Waals surface area contributed by atoms with Crippen LogP contribution in [0.25, 0.3) is 10.8 Å². The fourth-order valence-electron chi connectivity index (χ4n) is 1.53. The molecule has 0 fully saturated rings. The Kier molecular flexibility index (Phi) is 2.88. The second kappa shape index (κ2) is 4.32. The van der Waals surface area contributed by atoms with Crippen LogP contribution in [0.15, 0.2) is 42.5 Å². The maximum Gasteiger partial charge on any atom is 0.162 e. The fraction of sp³-hybridized carbons (Fsp3) is 0.231. The van der Waals surface area contributed by atoms with Crippen molar-refractivity contribution in [2.45, 2.75) is 13.2 Å². The normalized spacial score (nSPS) is 12.7. The molecule has 0 aliphatic heterocycles. The van der Waals surface area contributed by atoms with Gasteiger partial charge in [-0.05, 0) is 18.4 Å². The van der Waals surface area contributed by atoms with Crippen molar-refractivity contribution >= 4 is 10.8 Å². The number of hydrogen-bond acceptors (Lipinski definition) is 1. The number of benzene rings is 2. The molecule has 1 unspecified atom stereocenters. The Morgan fingerprint density at radius 3 is 2.60 bits per heavy atom. The number of ether oxygens (including phenoxy) is 1. The molecule has 0 aliphatic rings. The van der Waals surface area contributed by atoms with Gasteiger partial charge in [-0.1, -0.05) is 36.4 Å². The molecule has 0 amide bonds. The van der Waals surface area contributed by atoms with Crippen molar-refractivity contribution in [3.8, 4) is 5.75 Å².